The Labute approximate surface area is 165 Å². The van der Waals surface area contributed by atoms with Crippen LogP contribution in [0.4, 0.5) is 5.69 Å². The maximum Gasteiger partial charge on any atom is 0.198 e. The number of carbonyl (C=O) groups excluding carboxylic acids is 2. The lowest BCUT2D eigenvalue weighted by atomic mass is 9.81. The van der Waals surface area contributed by atoms with E-state index in [-0.39, 0.29) is 39.4 Å². The van der Waals surface area contributed by atoms with Gasteiger partial charge in [0.05, 0.1) is 23.9 Å². The van der Waals surface area contributed by atoms with Crippen LogP contribution in [0, 0.1) is 0 Å². The molecule has 0 atom stereocenters. The summed E-state index contributed by atoms with van der Waals surface area (Å²) in [5.41, 5.74) is 6.43. The van der Waals surface area contributed by atoms with Gasteiger partial charge in [0.25, 0.3) is 0 Å². The van der Waals surface area contributed by atoms with Gasteiger partial charge in [0.1, 0.15) is 11.5 Å². The summed E-state index contributed by atoms with van der Waals surface area (Å²) in [6.07, 6.45) is 0. The quantitative estimate of drug-likeness (QED) is 0.313. The number of anilines is 1. The van der Waals surface area contributed by atoms with E-state index in [1.165, 1.54) is 13.2 Å². The Morgan fingerprint density at radius 1 is 0.923 bits per heavy atom. The molecule has 0 radical (unpaired) electrons. The second-order valence-corrected chi connectivity index (χ2v) is 7.60. The number of aromatic hydroxyl groups is 1. The van der Waals surface area contributed by atoms with E-state index in [4.69, 9.17) is 10.5 Å². The number of hydrogen-bond donors (Lipinski definition) is 2. The van der Waals surface area contributed by atoms with Gasteiger partial charge in [0.2, 0.25) is 0 Å². The van der Waals surface area contributed by atoms with E-state index in [1.807, 2.05) is 12.1 Å². The number of nitrogen functional groups attached to an aromatic ring is 1. The first-order chi connectivity index (χ1) is 12.3. The molecule has 0 spiro atoms. The summed E-state index contributed by atoms with van der Waals surface area (Å²) in [6, 6.07) is 8.27. The smallest absolute Gasteiger partial charge is 0.198 e. The van der Waals surface area contributed by atoms with Gasteiger partial charge < -0.3 is 15.6 Å². The largest absolute Gasteiger partial charge is 0.507 e. The van der Waals surface area contributed by atoms with Crippen molar-refractivity contribution in [3.8, 4) is 11.5 Å². The average molecular weight is 477 g/mol. The lowest BCUT2D eigenvalue weighted by molar-refractivity contribution is 0.0977. The highest BCUT2D eigenvalue weighted by Crippen LogP contribution is 2.43. The van der Waals surface area contributed by atoms with Crippen LogP contribution in [-0.2, 0) is 0 Å². The van der Waals surface area contributed by atoms with Crippen molar-refractivity contribution in [3.63, 3.8) is 0 Å². The third-order valence-electron chi connectivity index (χ3n) is 4.52. The molecule has 0 amide bonds. The highest BCUT2D eigenvalue weighted by molar-refractivity contribution is 9.11. The molecule has 7 heteroatoms. The fourth-order valence-corrected chi connectivity index (χ4v) is 4.18. The summed E-state index contributed by atoms with van der Waals surface area (Å²) < 4.78 is 6.70. The Kier molecular flexibility index (Phi) is 3.82. The fourth-order valence-electron chi connectivity index (χ4n) is 3.26. The van der Waals surface area contributed by atoms with Crippen molar-refractivity contribution in [2.45, 2.75) is 0 Å². The van der Waals surface area contributed by atoms with Gasteiger partial charge in [0.15, 0.2) is 11.6 Å². The Hall–Kier alpha value is -2.38. The van der Waals surface area contributed by atoms with Crippen LogP contribution < -0.4 is 10.5 Å². The van der Waals surface area contributed by atoms with E-state index in [1.54, 1.807) is 12.1 Å². The van der Waals surface area contributed by atoms with Gasteiger partial charge in [-0.1, -0.05) is 31.9 Å². The van der Waals surface area contributed by atoms with Crippen LogP contribution in [0.15, 0.2) is 39.3 Å². The molecule has 0 saturated heterocycles. The van der Waals surface area contributed by atoms with Crippen LogP contribution in [0.2, 0.25) is 0 Å². The number of ketones is 2. The molecule has 1 aliphatic rings. The van der Waals surface area contributed by atoms with Gasteiger partial charge >= 0.3 is 0 Å². The zero-order valence-electron chi connectivity index (χ0n) is 13.4. The van der Waals surface area contributed by atoms with Crippen LogP contribution >= 0.6 is 31.9 Å². The third kappa shape index (κ3) is 2.20. The van der Waals surface area contributed by atoms with Crippen molar-refractivity contribution in [2.24, 2.45) is 0 Å². The molecular formula is C19H11Br2NO4. The van der Waals surface area contributed by atoms with Crippen molar-refractivity contribution in [1.29, 1.82) is 0 Å². The molecule has 0 saturated carbocycles. The van der Waals surface area contributed by atoms with Crippen LogP contribution in [-0.4, -0.2) is 23.8 Å². The molecule has 0 fully saturated rings. The Morgan fingerprint density at radius 3 is 1.92 bits per heavy atom. The first-order valence-corrected chi connectivity index (χ1v) is 9.14. The summed E-state index contributed by atoms with van der Waals surface area (Å²) in [6.45, 7) is 0. The highest BCUT2D eigenvalue weighted by atomic mass is 79.9. The molecule has 1 aliphatic carbocycles. The number of phenolic OH excluding ortho intramolecular Hbond substituents is 1. The van der Waals surface area contributed by atoms with Crippen LogP contribution in [0.1, 0.15) is 31.8 Å². The van der Waals surface area contributed by atoms with Gasteiger partial charge in [-0.15, -0.1) is 0 Å². The van der Waals surface area contributed by atoms with Gasteiger partial charge in [-0.2, -0.15) is 0 Å². The molecule has 3 aromatic rings. The molecule has 0 aromatic heterocycles. The monoisotopic (exact) mass is 475 g/mol. The first-order valence-electron chi connectivity index (χ1n) is 7.55. The van der Waals surface area contributed by atoms with Gasteiger partial charge in [-0.3, -0.25) is 9.59 Å². The number of hydrogen-bond acceptors (Lipinski definition) is 5. The zero-order chi connectivity index (χ0) is 18.7. The molecule has 130 valence electrons. The van der Waals surface area contributed by atoms with E-state index in [0.29, 0.717) is 0 Å². The van der Waals surface area contributed by atoms with Gasteiger partial charge in [-0.25, -0.2) is 0 Å². The predicted octanol–water partition coefficient (Wildman–Crippen LogP) is 4.44. The number of phenols is 1. The third-order valence-corrected chi connectivity index (χ3v) is 5.90. The normalized spacial score (nSPS) is 12.9. The van der Waals surface area contributed by atoms with Crippen molar-refractivity contribution < 1.29 is 19.4 Å². The molecule has 3 aromatic carbocycles. The SMILES string of the molecule is COc1cc(O)c2c(c1N)C(=O)c1cc3c(Br)ccc(Br)c3cc1C2=O. The second kappa shape index (κ2) is 5.82. The molecular weight excluding hydrogens is 466 g/mol. The van der Waals surface area contributed by atoms with Gasteiger partial charge in [-0.05, 0) is 35.0 Å². The standard InChI is InChI=1S/C19H11Br2NO4/c1-26-14-6-13(23)15-16(17(14)22)19(25)10-5-8-7(4-9(10)18(15)24)11(20)2-3-12(8)21/h2-6,23H,22H2,1H3. The second-order valence-electron chi connectivity index (χ2n) is 5.89. The van der Waals surface area contributed by atoms with Crippen molar-refractivity contribution in [2.75, 3.05) is 12.8 Å². The number of methoxy groups -OCH3 is 1. The summed E-state index contributed by atoms with van der Waals surface area (Å²) in [7, 11) is 1.38. The number of nitrogens with two attached hydrogens (primary N) is 1. The number of rotatable bonds is 1. The van der Waals surface area contributed by atoms with E-state index in [9.17, 15) is 14.7 Å². The molecule has 26 heavy (non-hydrogen) atoms. The van der Waals surface area contributed by atoms with E-state index >= 15 is 0 Å². The van der Waals surface area contributed by atoms with Crippen molar-refractivity contribution in [3.05, 3.63) is 61.5 Å². The fraction of sp³-hybridized carbons (Fsp3) is 0.0526. The van der Waals surface area contributed by atoms with E-state index < -0.39 is 11.6 Å². The lowest BCUT2D eigenvalue weighted by Crippen LogP contribution is -2.23. The summed E-state index contributed by atoms with van der Waals surface area (Å²) in [5.74, 6) is -1.05. The van der Waals surface area contributed by atoms with Crippen molar-refractivity contribution in [1.82, 2.24) is 0 Å². The Bertz CT molecular complexity index is 1150. The van der Waals surface area contributed by atoms with E-state index in [2.05, 4.69) is 31.9 Å². The Balaban J connectivity index is 2.10. The minimum absolute atomic E-state index is 0.0233. The average Bonchev–Trinajstić information content (AvgIpc) is 2.63. The molecule has 0 unspecified atom stereocenters. The van der Waals surface area contributed by atoms with Crippen LogP contribution in [0.3, 0.4) is 0 Å². The maximum absolute atomic E-state index is 13.1. The number of ether oxygens (including phenoxy) is 1. The minimum atomic E-state index is -0.449. The summed E-state index contributed by atoms with van der Waals surface area (Å²) >= 11 is 6.94. The highest BCUT2D eigenvalue weighted by Gasteiger charge is 2.35. The minimum Gasteiger partial charge on any atom is -0.507 e. The number of halogens is 2. The lowest BCUT2D eigenvalue weighted by Gasteiger charge is -2.22. The van der Waals surface area contributed by atoms with Gasteiger partial charge in [0, 0.05) is 26.1 Å². The molecule has 0 bridgehead atoms. The van der Waals surface area contributed by atoms with Crippen molar-refractivity contribution >= 4 is 59.9 Å². The van der Waals surface area contributed by atoms with Crippen LogP contribution in [0.25, 0.3) is 10.8 Å². The molecule has 0 aliphatic heterocycles. The zero-order valence-corrected chi connectivity index (χ0v) is 16.6. The number of carbonyl (C=O) groups is 2. The van der Waals surface area contributed by atoms with Crippen LogP contribution in [0.5, 0.6) is 11.5 Å². The maximum atomic E-state index is 13.1. The number of fused-ring (bicyclic) bond motifs is 3. The molecule has 3 N–H and O–H groups in total. The topological polar surface area (TPSA) is 89.6 Å². The molecule has 5 nitrogen and oxygen atoms in total. The number of benzene rings is 3. The predicted molar refractivity (Wildman–Crippen MR) is 105 cm³/mol. The Morgan fingerprint density at radius 2 is 1.42 bits per heavy atom. The molecule has 0 heterocycles. The summed E-state index contributed by atoms with van der Waals surface area (Å²) in [5, 5.41) is 11.9. The summed E-state index contributed by atoms with van der Waals surface area (Å²) in [4.78, 5) is 26.1. The van der Waals surface area contributed by atoms with E-state index in [0.717, 1.165) is 19.7 Å². The molecule has 4 rings (SSSR count). The first kappa shape index (κ1) is 17.1.